The molecule has 0 N–H and O–H groups in total. The number of esters is 1. The molecule has 0 bridgehead atoms. The van der Waals surface area contributed by atoms with Crippen molar-refractivity contribution in [1.82, 2.24) is 4.57 Å². The Bertz CT molecular complexity index is 868. The predicted octanol–water partition coefficient (Wildman–Crippen LogP) is 3.58. The molecule has 1 aromatic heterocycles. The van der Waals surface area contributed by atoms with E-state index in [4.69, 9.17) is 18.9 Å². The van der Waals surface area contributed by atoms with Crippen molar-refractivity contribution in [2.24, 2.45) is 0 Å². The summed E-state index contributed by atoms with van der Waals surface area (Å²) < 4.78 is 23.1. The summed E-state index contributed by atoms with van der Waals surface area (Å²) in [6, 6.07) is 4.93. The van der Waals surface area contributed by atoms with Gasteiger partial charge in [0.25, 0.3) is 0 Å². The zero-order valence-corrected chi connectivity index (χ0v) is 17.3. The molecular weight excluding hydrogens is 362 g/mol. The van der Waals surface area contributed by atoms with Crippen molar-refractivity contribution in [3.05, 3.63) is 40.7 Å². The van der Waals surface area contributed by atoms with Gasteiger partial charge in [-0.2, -0.15) is 0 Å². The maximum absolute atomic E-state index is 12.6. The lowest BCUT2D eigenvalue weighted by atomic mass is 10.1. The van der Waals surface area contributed by atoms with Crippen LogP contribution < -0.4 is 14.2 Å². The molecule has 1 heterocycles. The molecule has 0 amide bonds. The Morgan fingerprint density at radius 3 is 2.21 bits per heavy atom. The smallest absolute Gasteiger partial charge is 0.342 e. The third kappa shape index (κ3) is 4.13. The molecule has 1 aromatic carbocycles. The second kappa shape index (κ2) is 9.30. The van der Waals surface area contributed by atoms with Gasteiger partial charge in [0.05, 0.1) is 21.3 Å². The molecule has 0 aliphatic rings. The van der Waals surface area contributed by atoms with Crippen molar-refractivity contribution in [2.45, 2.75) is 33.7 Å². The van der Waals surface area contributed by atoms with Crippen molar-refractivity contribution in [2.75, 3.05) is 27.9 Å². The van der Waals surface area contributed by atoms with Crippen molar-refractivity contribution < 1.29 is 28.5 Å². The van der Waals surface area contributed by atoms with Crippen LogP contribution in [0.2, 0.25) is 0 Å². The Morgan fingerprint density at radius 1 is 0.964 bits per heavy atom. The molecule has 152 valence electrons. The number of aromatic nitrogens is 1. The van der Waals surface area contributed by atoms with Gasteiger partial charge in [0, 0.05) is 23.5 Å². The number of hydrogen-bond acceptors (Lipinski definition) is 6. The third-order valence-corrected chi connectivity index (χ3v) is 4.58. The zero-order valence-electron chi connectivity index (χ0n) is 17.3. The molecular formula is C21H27NO6. The number of methoxy groups -OCH3 is 3. The fraction of sp³-hybridized carbons (Fsp3) is 0.429. The Balaban J connectivity index is 2.19. The average molecular weight is 389 g/mol. The standard InChI is InChI=1S/C21H27NO6/c1-7-10-22-13(2)11-16(14(22)3)17(23)12-28-21(24)15-8-9-18(25-4)20(27-6)19(15)26-5/h8-9,11H,7,10,12H2,1-6H3. The van der Waals surface area contributed by atoms with Gasteiger partial charge < -0.3 is 23.5 Å². The van der Waals surface area contributed by atoms with Crippen LogP contribution in [-0.4, -0.2) is 44.3 Å². The van der Waals surface area contributed by atoms with Crippen LogP contribution in [-0.2, 0) is 11.3 Å². The van der Waals surface area contributed by atoms with E-state index >= 15 is 0 Å². The number of carbonyl (C=O) groups is 2. The van der Waals surface area contributed by atoms with Crippen LogP contribution in [0.25, 0.3) is 0 Å². The van der Waals surface area contributed by atoms with Crippen LogP contribution in [0.3, 0.4) is 0 Å². The second-order valence-corrected chi connectivity index (χ2v) is 6.32. The third-order valence-electron chi connectivity index (χ3n) is 4.58. The normalized spacial score (nSPS) is 10.5. The van der Waals surface area contributed by atoms with Crippen LogP contribution in [0, 0.1) is 13.8 Å². The van der Waals surface area contributed by atoms with Gasteiger partial charge in [-0.15, -0.1) is 0 Å². The number of ether oxygens (including phenoxy) is 4. The van der Waals surface area contributed by atoms with Crippen molar-refractivity contribution in [3.63, 3.8) is 0 Å². The van der Waals surface area contributed by atoms with Crippen molar-refractivity contribution in [3.8, 4) is 17.2 Å². The summed E-state index contributed by atoms with van der Waals surface area (Å²) in [6.45, 7) is 6.42. The first-order valence-electron chi connectivity index (χ1n) is 9.05. The van der Waals surface area contributed by atoms with Gasteiger partial charge in [-0.1, -0.05) is 6.92 Å². The van der Waals surface area contributed by atoms with Crippen LogP contribution in [0.1, 0.15) is 45.4 Å². The van der Waals surface area contributed by atoms with Gasteiger partial charge in [-0.05, 0) is 38.5 Å². The Kier molecular flexibility index (Phi) is 7.09. The number of ketones is 1. The van der Waals surface area contributed by atoms with Crippen LogP contribution >= 0.6 is 0 Å². The number of aryl methyl sites for hydroxylation is 1. The molecule has 0 aliphatic heterocycles. The predicted molar refractivity (Wildman–Crippen MR) is 105 cm³/mol. The zero-order chi connectivity index (χ0) is 20.8. The summed E-state index contributed by atoms with van der Waals surface area (Å²) in [6.07, 6.45) is 0.970. The minimum Gasteiger partial charge on any atom is -0.493 e. The fourth-order valence-electron chi connectivity index (χ4n) is 3.20. The SMILES string of the molecule is CCCn1c(C)cc(C(=O)COC(=O)c2ccc(OC)c(OC)c2OC)c1C. The first-order valence-corrected chi connectivity index (χ1v) is 9.05. The summed E-state index contributed by atoms with van der Waals surface area (Å²) in [5, 5.41) is 0. The maximum Gasteiger partial charge on any atom is 0.342 e. The first kappa shape index (κ1) is 21.3. The van der Waals surface area contributed by atoms with E-state index in [1.165, 1.54) is 27.4 Å². The molecule has 0 saturated heterocycles. The molecule has 0 spiro atoms. The largest absolute Gasteiger partial charge is 0.493 e. The number of benzene rings is 1. The molecule has 2 rings (SSSR count). The van der Waals surface area contributed by atoms with E-state index in [1.807, 2.05) is 19.9 Å². The minimum atomic E-state index is -0.673. The van der Waals surface area contributed by atoms with Gasteiger partial charge in [-0.25, -0.2) is 4.79 Å². The van der Waals surface area contributed by atoms with E-state index in [-0.39, 0.29) is 29.5 Å². The monoisotopic (exact) mass is 389 g/mol. The molecule has 7 heteroatoms. The van der Waals surface area contributed by atoms with Crippen LogP contribution in [0.15, 0.2) is 18.2 Å². The lowest BCUT2D eigenvalue weighted by molar-refractivity contribution is 0.0470. The molecule has 28 heavy (non-hydrogen) atoms. The molecule has 0 radical (unpaired) electrons. The van der Waals surface area contributed by atoms with E-state index < -0.39 is 5.97 Å². The summed E-state index contributed by atoms with van der Waals surface area (Å²) in [5.41, 5.74) is 2.61. The Labute approximate surface area is 165 Å². The number of carbonyl (C=O) groups excluding carboxylic acids is 2. The number of nitrogens with zero attached hydrogens (tertiary/aromatic N) is 1. The topological polar surface area (TPSA) is 76.0 Å². The molecule has 2 aromatic rings. The fourth-order valence-corrected chi connectivity index (χ4v) is 3.20. The van der Waals surface area contributed by atoms with Gasteiger partial charge >= 0.3 is 5.97 Å². The van der Waals surface area contributed by atoms with E-state index in [1.54, 1.807) is 6.07 Å². The summed E-state index contributed by atoms with van der Waals surface area (Å²) in [4.78, 5) is 25.1. The second-order valence-electron chi connectivity index (χ2n) is 6.32. The highest BCUT2D eigenvalue weighted by molar-refractivity contribution is 6.01. The summed E-state index contributed by atoms with van der Waals surface area (Å²) in [7, 11) is 4.36. The van der Waals surface area contributed by atoms with Gasteiger partial charge in [0.2, 0.25) is 11.5 Å². The Morgan fingerprint density at radius 2 is 1.64 bits per heavy atom. The highest BCUT2D eigenvalue weighted by Crippen LogP contribution is 2.39. The van der Waals surface area contributed by atoms with Gasteiger partial charge in [0.1, 0.15) is 5.56 Å². The first-order chi connectivity index (χ1) is 13.4. The van der Waals surface area contributed by atoms with Gasteiger partial charge in [0.15, 0.2) is 18.1 Å². The van der Waals surface area contributed by atoms with Gasteiger partial charge in [-0.3, -0.25) is 4.79 Å². The lowest BCUT2D eigenvalue weighted by Crippen LogP contribution is -2.16. The van der Waals surface area contributed by atoms with E-state index in [0.717, 1.165) is 24.4 Å². The van der Waals surface area contributed by atoms with Crippen LogP contribution in [0.5, 0.6) is 17.2 Å². The highest BCUT2D eigenvalue weighted by atomic mass is 16.5. The Hall–Kier alpha value is -2.96. The van der Waals surface area contributed by atoms with Crippen LogP contribution in [0.4, 0.5) is 0 Å². The van der Waals surface area contributed by atoms with Crippen molar-refractivity contribution in [1.29, 1.82) is 0 Å². The molecule has 0 atom stereocenters. The molecule has 7 nitrogen and oxygen atoms in total. The lowest BCUT2D eigenvalue weighted by Gasteiger charge is -2.15. The minimum absolute atomic E-state index is 0.157. The molecule has 0 aliphatic carbocycles. The maximum atomic E-state index is 12.6. The quantitative estimate of drug-likeness (QED) is 0.482. The van der Waals surface area contributed by atoms with Crippen molar-refractivity contribution >= 4 is 11.8 Å². The number of hydrogen-bond donors (Lipinski definition) is 0. The number of rotatable bonds is 9. The molecule has 0 saturated carbocycles. The van der Waals surface area contributed by atoms with E-state index in [9.17, 15) is 9.59 Å². The summed E-state index contributed by atoms with van der Waals surface area (Å²) in [5.74, 6) is -0.0126. The van der Waals surface area contributed by atoms with E-state index in [2.05, 4.69) is 11.5 Å². The number of Topliss-reactive ketones (excluding diaryl/α,β-unsaturated/α-hetero) is 1. The summed E-state index contributed by atoms with van der Waals surface area (Å²) >= 11 is 0. The molecule has 0 fully saturated rings. The van der Waals surface area contributed by atoms with E-state index in [0.29, 0.717) is 11.3 Å². The molecule has 0 unspecified atom stereocenters. The average Bonchev–Trinajstić information content (AvgIpc) is 2.98. The highest BCUT2D eigenvalue weighted by Gasteiger charge is 2.23.